The summed E-state index contributed by atoms with van der Waals surface area (Å²) >= 11 is 3.92. The smallest absolute Gasteiger partial charge is 0.357 e. The highest BCUT2D eigenvalue weighted by atomic mass is 32.2. The van der Waals surface area contributed by atoms with Gasteiger partial charge in [-0.05, 0) is 29.5 Å². The Bertz CT molecular complexity index is 1110. The summed E-state index contributed by atoms with van der Waals surface area (Å²) in [5.41, 5.74) is 1.38. The maximum atomic E-state index is 13.2. The first-order valence-electron chi connectivity index (χ1n) is 9.91. The van der Waals surface area contributed by atoms with E-state index in [0.29, 0.717) is 27.5 Å². The number of nitro benzene ring substituents is 1. The molecule has 2 fully saturated rings. The second kappa shape index (κ2) is 9.80. The fourth-order valence-corrected chi connectivity index (χ4v) is 7.02. The second-order valence-corrected chi connectivity index (χ2v) is 10.9. The predicted octanol–water partition coefficient (Wildman–Crippen LogP) is 4.05. The van der Waals surface area contributed by atoms with Gasteiger partial charge in [0.05, 0.1) is 21.0 Å². The van der Waals surface area contributed by atoms with Crippen LogP contribution in [0.5, 0.6) is 0 Å². The Hall–Kier alpha value is -2.47. The number of hydrogen-bond acceptors (Lipinski definition) is 9. The van der Waals surface area contributed by atoms with Crippen molar-refractivity contribution in [3.63, 3.8) is 0 Å². The number of aliphatic hydroxyl groups is 1. The zero-order chi connectivity index (χ0) is 23.6. The number of hydrogen-bond donors (Lipinski definition) is 1. The first-order chi connectivity index (χ1) is 15.8. The minimum Gasteiger partial charge on any atom is -0.456 e. The Labute approximate surface area is 202 Å². The van der Waals surface area contributed by atoms with E-state index < -0.39 is 15.8 Å². The molecule has 0 aromatic heterocycles. The van der Waals surface area contributed by atoms with Crippen molar-refractivity contribution >= 4 is 52.8 Å². The number of rotatable bonds is 7. The minimum atomic E-state index is -1.23. The highest BCUT2D eigenvalue weighted by Crippen LogP contribution is 2.55. The molecule has 0 radical (unpaired) electrons. The minimum absolute atomic E-state index is 0.0548. The van der Waals surface area contributed by atoms with Gasteiger partial charge in [-0.2, -0.15) is 0 Å². The van der Waals surface area contributed by atoms with E-state index in [-0.39, 0.29) is 29.3 Å². The van der Waals surface area contributed by atoms with Crippen LogP contribution in [0.4, 0.5) is 5.69 Å². The molecule has 2 aliphatic heterocycles. The first kappa shape index (κ1) is 23.7. The van der Waals surface area contributed by atoms with E-state index >= 15 is 0 Å². The van der Waals surface area contributed by atoms with Gasteiger partial charge >= 0.3 is 5.97 Å². The van der Waals surface area contributed by atoms with Gasteiger partial charge in [0, 0.05) is 17.9 Å². The topological polar surface area (TPSA) is 110 Å². The lowest BCUT2D eigenvalue weighted by Crippen LogP contribution is -2.51. The van der Waals surface area contributed by atoms with Crippen LogP contribution in [0.25, 0.3) is 0 Å². The Balaban J connectivity index is 1.58. The van der Waals surface area contributed by atoms with Crippen LogP contribution in [0.1, 0.15) is 17.5 Å². The molecule has 2 heterocycles. The van der Waals surface area contributed by atoms with Crippen LogP contribution in [0, 0.1) is 10.1 Å². The van der Waals surface area contributed by atoms with Crippen molar-refractivity contribution < 1.29 is 24.4 Å². The number of nitrogens with zero attached hydrogens (tertiary/aromatic N) is 2. The van der Waals surface area contributed by atoms with Gasteiger partial charge in [-0.15, -0.1) is 23.5 Å². The quantitative estimate of drug-likeness (QED) is 0.196. The van der Waals surface area contributed by atoms with Crippen molar-refractivity contribution in [2.24, 2.45) is 0 Å². The zero-order valence-electron chi connectivity index (χ0n) is 17.5. The fourth-order valence-electron chi connectivity index (χ4n) is 3.39. The van der Waals surface area contributed by atoms with E-state index in [1.807, 2.05) is 36.6 Å². The van der Waals surface area contributed by atoms with Gasteiger partial charge in [-0.3, -0.25) is 19.8 Å². The Morgan fingerprint density at radius 1 is 1.27 bits per heavy atom. The van der Waals surface area contributed by atoms with Gasteiger partial charge in [0.2, 0.25) is 5.91 Å². The molecule has 2 aliphatic rings. The number of carbonyl (C=O) groups excluding carboxylic acids is 2. The Morgan fingerprint density at radius 3 is 2.58 bits per heavy atom. The maximum absolute atomic E-state index is 13.2. The summed E-state index contributed by atoms with van der Waals surface area (Å²) in [6.07, 6.45) is 2.19. The van der Waals surface area contributed by atoms with Gasteiger partial charge in [-0.25, -0.2) is 4.79 Å². The summed E-state index contributed by atoms with van der Waals surface area (Å²) in [6, 6.07) is 14.9. The molecule has 4 rings (SSSR count). The fraction of sp³-hybridized carbons (Fsp3) is 0.273. The number of benzene rings is 2. The average molecular weight is 505 g/mol. The summed E-state index contributed by atoms with van der Waals surface area (Å²) < 4.78 is 6.03. The van der Waals surface area contributed by atoms with Gasteiger partial charge in [-0.1, -0.05) is 42.1 Å². The molecule has 2 aromatic carbocycles. The third-order valence-corrected chi connectivity index (χ3v) is 9.03. The van der Waals surface area contributed by atoms with Crippen molar-refractivity contribution in [2.75, 3.05) is 12.0 Å². The Kier molecular flexibility index (Phi) is 7.03. The normalized spacial score (nSPS) is 23.8. The van der Waals surface area contributed by atoms with Crippen LogP contribution in [0.15, 0.2) is 64.5 Å². The molecule has 0 aliphatic carbocycles. The zero-order valence-corrected chi connectivity index (χ0v) is 20.0. The van der Waals surface area contributed by atoms with E-state index in [4.69, 9.17) is 4.74 Å². The number of likely N-dealkylation sites (tertiary alicyclic amines) is 1. The summed E-state index contributed by atoms with van der Waals surface area (Å²) in [6.45, 7) is -0.0993. The summed E-state index contributed by atoms with van der Waals surface area (Å²) in [5, 5.41) is 21.8. The molecule has 11 heteroatoms. The van der Waals surface area contributed by atoms with Crippen LogP contribution in [-0.4, -0.2) is 44.2 Å². The number of nitro groups is 1. The van der Waals surface area contributed by atoms with Crippen molar-refractivity contribution in [2.45, 2.75) is 23.3 Å². The van der Waals surface area contributed by atoms with E-state index in [1.54, 1.807) is 0 Å². The summed E-state index contributed by atoms with van der Waals surface area (Å²) in [4.78, 5) is 36.1. The van der Waals surface area contributed by atoms with E-state index in [2.05, 4.69) is 0 Å². The average Bonchev–Trinajstić information content (AvgIpc) is 3.22. The molecule has 1 amide bonds. The largest absolute Gasteiger partial charge is 0.456 e. The van der Waals surface area contributed by atoms with E-state index in [1.165, 1.54) is 52.7 Å². The van der Waals surface area contributed by atoms with Gasteiger partial charge < -0.3 is 9.84 Å². The number of thioether (sulfide) groups is 3. The molecular formula is C22H20N2O6S3. The van der Waals surface area contributed by atoms with Crippen molar-refractivity contribution in [3.05, 3.63) is 85.8 Å². The molecule has 172 valence electrons. The molecule has 2 unspecified atom stereocenters. The number of esters is 1. The molecule has 2 atom stereocenters. The van der Waals surface area contributed by atoms with Crippen molar-refractivity contribution in [1.29, 1.82) is 0 Å². The number of carbonyl (C=O) groups is 2. The standard InChI is InChI=1S/C22H20N2O6S3/c1-31-18-11-17(25)23(18)19(20(26)30-12-14-7-9-16(10-8-14)24(28)29)21-32-13-22(27,33-21)15-5-3-2-4-6-15/h2-10,18,27H,11-13H2,1H3. The van der Waals surface area contributed by atoms with Crippen molar-refractivity contribution in [1.82, 2.24) is 4.90 Å². The number of non-ortho nitro benzene ring substituents is 1. The SMILES string of the molecule is CSC1CC(=O)N1C(C(=O)OCc1ccc([N+](=O)[O-])cc1)=C1SCC(O)(c2ccccc2)S1. The van der Waals surface area contributed by atoms with Crippen molar-refractivity contribution in [3.8, 4) is 0 Å². The number of β-lactam (4-membered cyclic amide) rings is 1. The molecule has 0 spiro atoms. The number of ether oxygens (including phenoxy) is 1. The van der Waals surface area contributed by atoms with Crippen LogP contribution >= 0.6 is 35.3 Å². The van der Waals surface area contributed by atoms with E-state index in [9.17, 15) is 24.8 Å². The molecule has 0 saturated carbocycles. The highest BCUT2D eigenvalue weighted by molar-refractivity contribution is 8.25. The third kappa shape index (κ3) is 4.91. The van der Waals surface area contributed by atoms with Gasteiger partial charge in [0.25, 0.3) is 5.69 Å². The second-order valence-electron chi connectivity index (χ2n) is 7.34. The first-order valence-corrected chi connectivity index (χ1v) is 13.0. The van der Waals surface area contributed by atoms with Crippen LogP contribution in [-0.2, 0) is 25.9 Å². The lowest BCUT2D eigenvalue weighted by molar-refractivity contribution is -0.384. The monoisotopic (exact) mass is 504 g/mol. The lowest BCUT2D eigenvalue weighted by atomic mass is 10.1. The van der Waals surface area contributed by atoms with E-state index in [0.717, 1.165) is 11.8 Å². The maximum Gasteiger partial charge on any atom is 0.357 e. The molecule has 2 saturated heterocycles. The van der Waals surface area contributed by atoms with Gasteiger partial charge in [0.15, 0.2) is 5.70 Å². The number of amides is 1. The molecule has 0 bridgehead atoms. The molecule has 2 aromatic rings. The van der Waals surface area contributed by atoms with Crippen LogP contribution < -0.4 is 0 Å². The van der Waals surface area contributed by atoms with Crippen LogP contribution in [0.3, 0.4) is 0 Å². The molecule has 8 nitrogen and oxygen atoms in total. The molecule has 1 N–H and O–H groups in total. The highest BCUT2D eigenvalue weighted by Gasteiger charge is 2.46. The Morgan fingerprint density at radius 2 is 1.97 bits per heavy atom. The summed E-state index contributed by atoms with van der Waals surface area (Å²) in [7, 11) is 0. The molecule has 33 heavy (non-hydrogen) atoms. The third-order valence-electron chi connectivity index (χ3n) is 5.21. The molecular weight excluding hydrogens is 484 g/mol. The summed E-state index contributed by atoms with van der Waals surface area (Å²) in [5.74, 6) is -0.532. The lowest BCUT2D eigenvalue weighted by Gasteiger charge is -2.40. The van der Waals surface area contributed by atoms with Crippen LogP contribution in [0.2, 0.25) is 0 Å². The van der Waals surface area contributed by atoms with Gasteiger partial charge in [0.1, 0.15) is 11.5 Å². The predicted molar refractivity (Wildman–Crippen MR) is 129 cm³/mol.